The minimum atomic E-state index is -0.383. The van der Waals surface area contributed by atoms with Gasteiger partial charge in [0.15, 0.2) is 0 Å². The number of carbonyl (C=O) groups excluding carboxylic acids is 1. The van der Waals surface area contributed by atoms with Crippen molar-refractivity contribution in [3.63, 3.8) is 0 Å². The number of nitrogens with zero attached hydrogens (tertiary/aromatic N) is 2. The molecule has 0 atom stereocenters. The number of aromatic nitrogens is 2. The molecule has 1 rings (SSSR count). The SMILES string of the molecule is C#CC(=O)N(C)c1cn[nH]c1. The summed E-state index contributed by atoms with van der Waals surface area (Å²) in [6.45, 7) is 0. The van der Waals surface area contributed by atoms with Crippen molar-refractivity contribution in [2.45, 2.75) is 0 Å². The van der Waals surface area contributed by atoms with Gasteiger partial charge in [0.2, 0.25) is 0 Å². The van der Waals surface area contributed by atoms with Crippen LogP contribution in [0.15, 0.2) is 12.4 Å². The monoisotopic (exact) mass is 149 g/mol. The van der Waals surface area contributed by atoms with Gasteiger partial charge in [0.1, 0.15) is 0 Å². The lowest BCUT2D eigenvalue weighted by Gasteiger charge is -2.09. The molecule has 1 heterocycles. The van der Waals surface area contributed by atoms with E-state index in [1.54, 1.807) is 13.2 Å². The van der Waals surface area contributed by atoms with Gasteiger partial charge < -0.3 is 4.90 Å². The number of rotatable bonds is 1. The molecule has 4 heteroatoms. The molecule has 0 radical (unpaired) electrons. The lowest BCUT2D eigenvalue weighted by atomic mass is 10.4. The standard InChI is InChI=1S/C7H7N3O/c1-3-7(11)10(2)6-4-8-9-5-6/h1,4-5H,2H3,(H,8,9). The summed E-state index contributed by atoms with van der Waals surface area (Å²) in [5, 5.41) is 6.25. The van der Waals surface area contributed by atoms with E-state index in [9.17, 15) is 4.79 Å². The van der Waals surface area contributed by atoms with E-state index in [-0.39, 0.29) is 5.91 Å². The average molecular weight is 149 g/mol. The molecule has 1 aromatic heterocycles. The molecule has 11 heavy (non-hydrogen) atoms. The molecule has 1 amide bonds. The molecule has 0 aliphatic heterocycles. The molecule has 0 bridgehead atoms. The van der Waals surface area contributed by atoms with Crippen molar-refractivity contribution in [3.05, 3.63) is 12.4 Å². The van der Waals surface area contributed by atoms with E-state index in [0.29, 0.717) is 5.69 Å². The van der Waals surface area contributed by atoms with Gasteiger partial charge >= 0.3 is 5.91 Å². The molecule has 1 aromatic rings. The maximum atomic E-state index is 10.9. The second kappa shape index (κ2) is 2.88. The Bertz CT molecular complexity index is 283. The van der Waals surface area contributed by atoms with Gasteiger partial charge in [0.25, 0.3) is 0 Å². The van der Waals surface area contributed by atoms with Gasteiger partial charge in [-0.25, -0.2) is 0 Å². The number of H-pyrrole nitrogens is 1. The van der Waals surface area contributed by atoms with Crippen LogP contribution in [0, 0.1) is 12.3 Å². The molecular formula is C7H7N3O. The van der Waals surface area contributed by atoms with E-state index in [0.717, 1.165) is 0 Å². The van der Waals surface area contributed by atoms with Crippen LogP contribution < -0.4 is 4.90 Å². The number of amides is 1. The van der Waals surface area contributed by atoms with Gasteiger partial charge in [-0.1, -0.05) is 0 Å². The Morgan fingerprint density at radius 2 is 2.64 bits per heavy atom. The van der Waals surface area contributed by atoms with E-state index >= 15 is 0 Å². The fourth-order valence-corrected chi connectivity index (χ4v) is 0.642. The third-order valence-corrected chi connectivity index (χ3v) is 1.30. The summed E-state index contributed by atoms with van der Waals surface area (Å²) in [5.41, 5.74) is 0.660. The summed E-state index contributed by atoms with van der Waals surface area (Å²) in [5.74, 6) is 1.62. The molecule has 0 saturated carbocycles. The number of nitrogens with one attached hydrogen (secondary N) is 1. The van der Waals surface area contributed by atoms with Crippen LogP contribution in [0.5, 0.6) is 0 Å². The Balaban J connectivity index is 2.80. The van der Waals surface area contributed by atoms with Crippen LogP contribution in [0.3, 0.4) is 0 Å². The van der Waals surface area contributed by atoms with Gasteiger partial charge in [0, 0.05) is 13.2 Å². The van der Waals surface area contributed by atoms with Crippen molar-refractivity contribution in [3.8, 4) is 12.3 Å². The molecule has 0 aromatic carbocycles. The summed E-state index contributed by atoms with van der Waals surface area (Å²) >= 11 is 0. The Hall–Kier alpha value is -1.76. The first kappa shape index (κ1) is 7.35. The minimum absolute atomic E-state index is 0.383. The molecular weight excluding hydrogens is 142 g/mol. The summed E-state index contributed by atoms with van der Waals surface area (Å²) in [7, 11) is 1.59. The zero-order valence-corrected chi connectivity index (χ0v) is 6.03. The highest BCUT2D eigenvalue weighted by Gasteiger charge is 2.07. The fourth-order valence-electron chi connectivity index (χ4n) is 0.642. The molecule has 0 spiro atoms. The first-order chi connectivity index (χ1) is 5.25. The Kier molecular flexibility index (Phi) is 1.93. The molecule has 0 aliphatic carbocycles. The first-order valence-electron chi connectivity index (χ1n) is 2.99. The zero-order valence-electron chi connectivity index (χ0n) is 6.03. The van der Waals surface area contributed by atoms with Crippen LogP contribution in [0.4, 0.5) is 5.69 Å². The number of carbonyl (C=O) groups is 1. The van der Waals surface area contributed by atoms with Gasteiger partial charge in [-0.05, 0) is 5.92 Å². The quantitative estimate of drug-likeness (QED) is 0.571. The summed E-state index contributed by atoms with van der Waals surface area (Å²) in [4.78, 5) is 12.2. The summed E-state index contributed by atoms with van der Waals surface area (Å²) in [6, 6.07) is 0. The van der Waals surface area contributed by atoms with Gasteiger partial charge in [-0.3, -0.25) is 9.89 Å². The molecule has 0 aliphatic rings. The predicted octanol–water partition coefficient (Wildman–Crippen LogP) is 0.00570. The van der Waals surface area contributed by atoms with E-state index in [2.05, 4.69) is 10.2 Å². The molecule has 4 nitrogen and oxygen atoms in total. The van der Waals surface area contributed by atoms with E-state index in [4.69, 9.17) is 6.42 Å². The normalized spacial score (nSPS) is 8.73. The van der Waals surface area contributed by atoms with Crippen molar-refractivity contribution in [1.29, 1.82) is 0 Å². The number of hydrogen-bond acceptors (Lipinski definition) is 2. The molecule has 1 N–H and O–H groups in total. The highest BCUT2D eigenvalue weighted by molar-refractivity contribution is 6.04. The molecule has 0 saturated heterocycles. The number of hydrogen-bond donors (Lipinski definition) is 1. The molecule has 56 valence electrons. The van der Waals surface area contributed by atoms with Crippen molar-refractivity contribution < 1.29 is 4.79 Å². The maximum Gasteiger partial charge on any atom is 0.302 e. The van der Waals surface area contributed by atoms with Crippen LogP contribution >= 0.6 is 0 Å². The van der Waals surface area contributed by atoms with Crippen molar-refractivity contribution >= 4 is 11.6 Å². The third kappa shape index (κ3) is 1.38. The lowest BCUT2D eigenvalue weighted by molar-refractivity contribution is -0.113. The smallest absolute Gasteiger partial charge is 0.302 e. The maximum absolute atomic E-state index is 10.9. The van der Waals surface area contributed by atoms with Crippen LogP contribution in [0.25, 0.3) is 0 Å². The predicted molar refractivity (Wildman–Crippen MR) is 40.8 cm³/mol. The topological polar surface area (TPSA) is 49.0 Å². The largest absolute Gasteiger partial charge is 0.302 e. The molecule has 0 fully saturated rings. The Morgan fingerprint density at radius 1 is 1.91 bits per heavy atom. The van der Waals surface area contributed by atoms with E-state index in [1.165, 1.54) is 11.1 Å². The number of aromatic amines is 1. The van der Waals surface area contributed by atoms with Crippen LogP contribution in [0.1, 0.15) is 0 Å². The summed E-state index contributed by atoms with van der Waals surface area (Å²) in [6.07, 6.45) is 8.02. The lowest BCUT2D eigenvalue weighted by Crippen LogP contribution is -2.23. The van der Waals surface area contributed by atoms with Crippen LogP contribution in [-0.4, -0.2) is 23.2 Å². The van der Waals surface area contributed by atoms with Gasteiger partial charge in [-0.15, -0.1) is 6.42 Å². The average Bonchev–Trinajstić information content (AvgIpc) is 2.53. The number of terminal acetylenes is 1. The summed E-state index contributed by atoms with van der Waals surface area (Å²) < 4.78 is 0. The highest BCUT2D eigenvalue weighted by atomic mass is 16.2. The van der Waals surface area contributed by atoms with E-state index in [1.807, 2.05) is 5.92 Å². The van der Waals surface area contributed by atoms with Gasteiger partial charge in [0.05, 0.1) is 11.9 Å². The van der Waals surface area contributed by atoms with Crippen molar-refractivity contribution in [2.24, 2.45) is 0 Å². The number of anilines is 1. The fraction of sp³-hybridized carbons (Fsp3) is 0.143. The molecule has 0 unspecified atom stereocenters. The zero-order chi connectivity index (χ0) is 8.27. The highest BCUT2D eigenvalue weighted by Crippen LogP contribution is 2.07. The van der Waals surface area contributed by atoms with Crippen molar-refractivity contribution in [2.75, 3.05) is 11.9 Å². The van der Waals surface area contributed by atoms with Crippen LogP contribution in [0.2, 0.25) is 0 Å². The Labute approximate surface area is 64.2 Å². The first-order valence-corrected chi connectivity index (χ1v) is 2.99. The van der Waals surface area contributed by atoms with Gasteiger partial charge in [-0.2, -0.15) is 5.10 Å². The second-order valence-corrected chi connectivity index (χ2v) is 1.97. The third-order valence-electron chi connectivity index (χ3n) is 1.30. The van der Waals surface area contributed by atoms with Crippen molar-refractivity contribution in [1.82, 2.24) is 10.2 Å². The van der Waals surface area contributed by atoms with E-state index < -0.39 is 0 Å². The Morgan fingerprint density at radius 3 is 3.09 bits per heavy atom. The second-order valence-electron chi connectivity index (χ2n) is 1.97. The van der Waals surface area contributed by atoms with Crippen LogP contribution in [-0.2, 0) is 4.79 Å². The minimum Gasteiger partial charge on any atom is -0.302 e.